The first-order chi connectivity index (χ1) is 45.4. The van der Waals surface area contributed by atoms with Crippen LogP contribution >= 0.6 is 15.6 Å². The highest BCUT2D eigenvalue weighted by Crippen LogP contribution is 2.45. The number of unbranched alkanes of at least 4 members (excludes halogenated alkanes) is 37. The predicted octanol–water partition coefficient (Wildman–Crippen LogP) is 21.5. The van der Waals surface area contributed by atoms with Crippen molar-refractivity contribution in [2.24, 2.45) is 11.8 Å². The van der Waals surface area contributed by atoms with Crippen LogP contribution in [0.2, 0.25) is 0 Å². The summed E-state index contributed by atoms with van der Waals surface area (Å²) in [6, 6.07) is 0. The van der Waals surface area contributed by atoms with Crippen LogP contribution in [0.5, 0.6) is 0 Å². The first-order valence-corrected chi connectivity index (χ1v) is 41.4. The fraction of sp³-hybridized carbons (Fsp3) is 0.893. The molecule has 0 aliphatic heterocycles. The molecule has 0 aliphatic rings. The fourth-order valence-electron chi connectivity index (χ4n) is 10.9. The van der Waals surface area contributed by atoms with Crippen LogP contribution in [-0.4, -0.2) is 96.7 Å². The minimum atomic E-state index is -4.96. The van der Waals surface area contributed by atoms with Crippen molar-refractivity contribution in [1.82, 2.24) is 0 Å². The van der Waals surface area contributed by atoms with Crippen LogP contribution in [-0.2, 0) is 65.4 Å². The third-order valence-electron chi connectivity index (χ3n) is 17.6. The molecule has 3 N–H and O–H groups in total. The van der Waals surface area contributed by atoms with Gasteiger partial charge in [-0.25, -0.2) is 9.13 Å². The molecule has 94 heavy (non-hydrogen) atoms. The molecule has 4 unspecified atom stereocenters. The predicted molar refractivity (Wildman–Crippen MR) is 381 cm³/mol. The third kappa shape index (κ3) is 65.5. The molecule has 0 amide bonds. The van der Waals surface area contributed by atoms with Crippen molar-refractivity contribution < 1.29 is 80.2 Å². The van der Waals surface area contributed by atoms with Crippen LogP contribution in [0.3, 0.4) is 0 Å². The van der Waals surface area contributed by atoms with Gasteiger partial charge in [-0.1, -0.05) is 310 Å². The summed E-state index contributed by atoms with van der Waals surface area (Å²) >= 11 is 0. The molecule has 0 aliphatic carbocycles. The van der Waals surface area contributed by atoms with Gasteiger partial charge >= 0.3 is 39.5 Å². The minimum absolute atomic E-state index is 0.101. The molecular formula is C75H142O17P2. The Kier molecular flexibility index (Phi) is 64.7. The highest BCUT2D eigenvalue weighted by molar-refractivity contribution is 7.47. The number of carbonyl (C=O) groups is 4. The van der Waals surface area contributed by atoms with Crippen molar-refractivity contribution in [3.05, 3.63) is 24.3 Å². The summed E-state index contributed by atoms with van der Waals surface area (Å²) in [7, 11) is -9.91. The van der Waals surface area contributed by atoms with Gasteiger partial charge in [-0.05, 0) is 63.2 Å². The summed E-state index contributed by atoms with van der Waals surface area (Å²) in [6.45, 7) is 9.48. The molecule has 0 saturated heterocycles. The number of hydrogen-bond donors (Lipinski definition) is 3. The normalized spacial score (nSPS) is 14.8. The summed E-state index contributed by atoms with van der Waals surface area (Å²) in [5, 5.41) is 10.6. The van der Waals surface area contributed by atoms with E-state index >= 15 is 0 Å². The lowest BCUT2D eigenvalue weighted by atomic mass is 9.99. The van der Waals surface area contributed by atoms with E-state index in [9.17, 15) is 43.2 Å². The Balaban J connectivity index is 5.15. The first kappa shape index (κ1) is 91.5. The number of allylic oxidation sites excluding steroid dienone is 4. The van der Waals surface area contributed by atoms with Gasteiger partial charge in [0, 0.05) is 25.7 Å². The monoisotopic (exact) mass is 1380 g/mol. The van der Waals surface area contributed by atoms with Crippen molar-refractivity contribution in [2.45, 2.75) is 381 Å². The fourth-order valence-corrected chi connectivity index (χ4v) is 12.5. The van der Waals surface area contributed by atoms with E-state index < -0.39 is 97.5 Å². The maximum Gasteiger partial charge on any atom is 0.472 e. The van der Waals surface area contributed by atoms with Crippen molar-refractivity contribution >= 4 is 39.5 Å². The quantitative estimate of drug-likeness (QED) is 0.0169. The number of rotatable bonds is 72. The Morgan fingerprint density at radius 1 is 0.340 bits per heavy atom. The van der Waals surface area contributed by atoms with Crippen LogP contribution < -0.4 is 0 Å². The lowest BCUT2D eigenvalue weighted by molar-refractivity contribution is -0.161. The van der Waals surface area contributed by atoms with Crippen LogP contribution in [0.4, 0.5) is 0 Å². The Labute approximate surface area is 573 Å². The second-order valence-corrected chi connectivity index (χ2v) is 29.7. The van der Waals surface area contributed by atoms with Gasteiger partial charge in [0.05, 0.1) is 26.4 Å². The zero-order valence-electron chi connectivity index (χ0n) is 60.7. The van der Waals surface area contributed by atoms with Crippen LogP contribution in [0, 0.1) is 11.8 Å². The highest BCUT2D eigenvalue weighted by atomic mass is 31.2. The van der Waals surface area contributed by atoms with Crippen LogP contribution in [0.1, 0.15) is 363 Å². The molecule has 0 saturated carbocycles. The molecule has 17 nitrogen and oxygen atoms in total. The molecule has 0 bridgehead atoms. The molecule has 19 heteroatoms. The molecule has 0 fully saturated rings. The number of aliphatic hydroxyl groups is 1. The Morgan fingerprint density at radius 3 is 0.904 bits per heavy atom. The molecular weight excluding hydrogens is 1230 g/mol. The standard InChI is InChI=1S/C75H142O17P2/c1-7-11-13-15-16-17-18-19-24-28-31-34-40-46-52-58-73(78)86-64-71(92-74(79)59-53-47-41-35-32-29-26-23-21-20-22-25-27-30-33-38-44-49-55-67(5)9-3)66-90-94(83,84)88-62-69(76)61-87-93(81,82)89-65-70(63-85-72(77)57-51-43-14-12-8-2)91-75(80)60-54-48-42-37-36-39-45-50-56-68(6)10-4/h17-19,24,67-71,76H,7-16,20-23,25-66H2,1-6H3,(H,81,82)(H,83,84)/b18-17-,24-19-/t67?,68?,69-,70+,71+/m0/s1. The molecule has 0 spiro atoms. The van der Waals surface area contributed by atoms with Crippen molar-refractivity contribution in [1.29, 1.82) is 0 Å². The van der Waals surface area contributed by atoms with Gasteiger partial charge in [0.15, 0.2) is 12.2 Å². The first-order valence-electron chi connectivity index (χ1n) is 38.4. The summed E-state index contributed by atoms with van der Waals surface area (Å²) in [4.78, 5) is 72.4. The number of aliphatic hydroxyl groups excluding tert-OH is 1. The molecule has 554 valence electrons. The zero-order valence-corrected chi connectivity index (χ0v) is 62.5. The van der Waals surface area contributed by atoms with E-state index in [1.807, 2.05) is 0 Å². The number of esters is 4. The zero-order chi connectivity index (χ0) is 69.3. The number of hydrogen-bond acceptors (Lipinski definition) is 15. The lowest BCUT2D eigenvalue weighted by Gasteiger charge is -2.21. The van der Waals surface area contributed by atoms with E-state index in [1.54, 1.807) is 0 Å². The van der Waals surface area contributed by atoms with Gasteiger partial charge in [0.1, 0.15) is 19.3 Å². The van der Waals surface area contributed by atoms with Gasteiger partial charge in [0.25, 0.3) is 0 Å². The molecule has 0 radical (unpaired) electrons. The Bertz CT molecular complexity index is 1920. The average molecular weight is 1380 g/mol. The molecule has 0 aromatic carbocycles. The van der Waals surface area contributed by atoms with Crippen molar-refractivity contribution in [3.63, 3.8) is 0 Å². The molecule has 0 aromatic heterocycles. The van der Waals surface area contributed by atoms with Gasteiger partial charge in [-0.2, -0.15) is 0 Å². The topological polar surface area (TPSA) is 237 Å². The Morgan fingerprint density at radius 2 is 0.596 bits per heavy atom. The van der Waals surface area contributed by atoms with Crippen molar-refractivity contribution in [2.75, 3.05) is 39.6 Å². The second kappa shape index (κ2) is 66.4. The van der Waals surface area contributed by atoms with Gasteiger partial charge in [-0.15, -0.1) is 0 Å². The van der Waals surface area contributed by atoms with Crippen molar-refractivity contribution in [3.8, 4) is 0 Å². The highest BCUT2D eigenvalue weighted by Gasteiger charge is 2.30. The molecule has 0 aromatic rings. The summed E-state index contributed by atoms with van der Waals surface area (Å²) < 4.78 is 68.2. The number of ether oxygens (including phenoxy) is 4. The number of carbonyl (C=O) groups excluding carboxylic acids is 4. The molecule has 7 atom stereocenters. The van der Waals surface area contributed by atoms with Crippen LogP contribution in [0.15, 0.2) is 24.3 Å². The second-order valence-electron chi connectivity index (χ2n) is 26.8. The van der Waals surface area contributed by atoms with E-state index in [0.29, 0.717) is 25.7 Å². The number of phosphoric acid groups is 2. The summed E-state index contributed by atoms with van der Waals surface area (Å²) in [5.41, 5.74) is 0. The molecule has 0 rings (SSSR count). The maximum absolute atomic E-state index is 13.1. The summed E-state index contributed by atoms with van der Waals surface area (Å²) in [5.74, 6) is -0.524. The van der Waals surface area contributed by atoms with Crippen LogP contribution in [0.25, 0.3) is 0 Å². The Hall–Kier alpha value is -2.46. The summed E-state index contributed by atoms with van der Waals surface area (Å²) in [6.07, 6.45) is 56.7. The number of phosphoric ester groups is 2. The van der Waals surface area contributed by atoms with Gasteiger partial charge < -0.3 is 33.8 Å². The molecule has 0 heterocycles. The third-order valence-corrected chi connectivity index (χ3v) is 19.5. The largest absolute Gasteiger partial charge is 0.472 e. The maximum atomic E-state index is 13.1. The average Bonchev–Trinajstić information content (AvgIpc) is 1.43. The van der Waals surface area contributed by atoms with Gasteiger partial charge in [0.2, 0.25) is 0 Å². The van der Waals surface area contributed by atoms with E-state index in [0.717, 1.165) is 127 Å². The van der Waals surface area contributed by atoms with E-state index in [2.05, 4.69) is 65.8 Å². The van der Waals surface area contributed by atoms with E-state index in [1.165, 1.54) is 154 Å². The smallest absolute Gasteiger partial charge is 0.462 e. The van der Waals surface area contributed by atoms with E-state index in [4.69, 9.17) is 37.0 Å². The van der Waals surface area contributed by atoms with E-state index in [-0.39, 0.29) is 25.7 Å². The minimum Gasteiger partial charge on any atom is -0.462 e. The lowest BCUT2D eigenvalue weighted by Crippen LogP contribution is -2.30. The van der Waals surface area contributed by atoms with Gasteiger partial charge in [-0.3, -0.25) is 37.3 Å². The SMILES string of the molecule is CCCCCC/C=C\C=C/CCCCCCCC(=O)OC[C@H](COP(=O)(O)OC[C@@H](O)COP(=O)(O)OC[C@@H](COC(=O)CCCCCCC)OC(=O)CCCCCCCCCCC(C)CC)OC(=O)CCCCCCCCCCCCCCCCCCCCC(C)CC.